The van der Waals surface area contributed by atoms with E-state index < -0.39 is 0 Å². The van der Waals surface area contributed by atoms with E-state index in [9.17, 15) is 0 Å². The summed E-state index contributed by atoms with van der Waals surface area (Å²) in [5, 5.41) is 0. The van der Waals surface area contributed by atoms with Crippen molar-refractivity contribution in [2.24, 2.45) is 5.92 Å². The van der Waals surface area contributed by atoms with Crippen LogP contribution in [0.25, 0.3) is 0 Å². The van der Waals surface area contributed by atoms with Crippen LogP contribution in [0.2, 0.25) is 0 Å². The van der Waals surface area contributed by atoms with E-state index >= 15 is 0 Å². The molecule has 0 saturated carbocycles. The Balaban J connectivity index is 3.05. The van der Waals surface area contributed by atoms with E-state index in [1.165, 1.54) is 5.57 Å². The predicted molar refractivity (Wildman–Crippen MR) is 57.4 cm³/mol. The van der Waals surface area contributed by atoms with E-state index in [1.54, 1.807) is 0 Å². The molecule has 1 atom stereocenters. The highest BCUT2D eigenvalue weighted by atomic mass is 14.1. The quantitative estimate of drug-likeness (QED) is 0.528. The van der Waals surface area contributed by atoms with Gasteiger partial charge in [0.05, 0.1) is 0 Å². The first kappa shape index (κ1) is 9.61. The molecular weight excluding hydrogens is 156 g/mol. The molecule has 0 spiro atoms. The van der Waals surface area contributed by atoms with Gasteiger partial charge in [-0.05, 0) is 23.6 Å². The van der Waals surface area contributed by atoms with Crippen LogP contribution < -0.4 is 0 Å². The maximum absolute atomic E-state index is 3.65. The van der Waals surface area contributed by atoms with Crippen molar-refractivity contribution >= 4 is 0 Å². The van der Waals surface area contributed by atoms with E-state index in [0.717, 1.165) is 11.1 Å². The zero-order valence-electron chi connectivity index (χ0n) is 8.22. The lowest BCUT2D eigenvalue weighted by Gasteiger charge is -2.13. The van der Waals surface area contributed by atoms with Crippen LogP contribution in [0.5, 0.6) is 0 Å². The van der Waals surface area contributed by atoms with Crippen LogP contribution in [-0.2, 0) is 0 Å². The van der Waals surface area contributed by atoms with Crippen LogP contribution in [0.15, 0.2) is 59.6 Å². The minimum absolute atomic E-state index is 0.390. The summed E-state index contributed by atoms with van der Waals surface area (Å²) >= 11 is 0. The normalized spacial score (nSPS) is 20.3. The molecule has 1 aliphatic carbocycles. The van der Waals surface area contributed by atoms with Gasteiger partial charge in [-0.15, -0.1) is 11.5 Å². The van der Waals surface area contributed by atoms with Gasteiger partial charge in [0.15, 0.2) is 0 Å². The first-order valence-electron chi connectivity index (χ1n) is 4.36. The lowest BCUT2D eigenvalue weighted by atomic mass is 9.91. The van der Waals surface area contributed by atoms with Crippen molar-refractivity contribution in [2.45, 2.75) is 13.8 Å². The van der Waals surface area contributed by atoms with Crippen molar-refractivity contribution in [3.8, 4) is 0 Å². The highest BCUT2D eigenvalue weighted by molar-refractivity contribution is 5.46. The first-order valence-corrected chi connectivity index (χ1v) is 4.36. The Labute approximate surface area is 80.0 Å². The van der Waals surface area contributed by atoms with Gasteiger partial charge in [0.25, 0.3) is 0 Å². The predicted octanol–water partition coefficient (Wildman–Crippen LogP) is 3.56. The topological polar surface area (TPSA) is 0 Å². The number of allylic oxidation sites excluding steroid dienone is 6. The van der Waals surface area contributed by atoms with Gasteiger partial charge in [0, 0.05) is 5.92 Å². The van der Waals surface area contributed by atoms with Crippen LogP contribution in [0.4, 0.5) is 0 Å². The summed E-state index contributed by atoms with van der Waals surface area (Å²) in [5.74, 6) is 0.390. The molecule has 66 valence electrons. The Bertz CT molecular complexity index is 365. The minimum Gasteiger partial charge on any atom is -0.125 e. The number of rotatable bonds is 1. The maximum atomic E-state index is 3.65. The second-order valence-electron chi connectivity index (χ2n) is 3.18. The van der Waals surface area contributed by atoms with Crippen molar-refractivity contribution in [3.63, 3.8) is 0 Å². The Morgan fingerprint density at radius 2 is 2.08 bits per heavy atom. The molecule has 1 unspecified atom stereocenters. The third-order valence-corrected chi connectivity index (χ3v) is 2.26. The van der Waals surface area contributed by atoms with Gasteiger partial charge in [0.2, 0.25) is 0 Å². The summed E-state index contributed by atoms with van der Waals surface area (Å²) in [4.78, 5) is 0. The standard InChI is InChI=1S/C13H14/c1-5-10(3)13-8-7-12(6-2)11(4)9-13/h7-9,11H,1-2H2,3-4H3. The molecule has 0 fully saturated rings. The highest BCUT2D eigenvalue weighted by Gasteiger charge is 2.09. The van der Waals surface area contributed by atoms with Gasteiger partial charge < -0.3 is 0 Å². The van der Waals surface area contributed by atoms with E-state index in [4.69, 9.17) is 0 Å². The summed E-state index contributed by atoms with van der Waals surface area (Å²) in [6.45, 7) is 11.4. The summed E-state index contributed by atoms with van der Waals surface area (Å²) in [5.41, 5.74) is 9.24. The van der Waals surface area contributed by atoms with Crippen molar-refractivity contribution in [1.82, 2.24) is 0 Å². The minimum atomic E-state index is 0.390. The second kappa shape index (κ2) is 3.96. The second-order valence-corrected chi connectivity index (χ2v) is 3.18. The van der Waals surface area contributed by atoms with Crippen LogP contribution in [0.3, 0.4) is 0 Å². The molecule has 0 aromatic carbocycles. The Hall–Kier alpha value is -1.48. The molecule has 0 aromatic heterocycles. The molecule has 0 heteroatoms. The molecule has 1 aliphatic rings. The number of hydrogen-bond donors (Lipinski definition) is 0. The Morgan fingerprint density at radius 1 is 1.38 bits per heavy atom. The van der Waals surface area contributed by atoms with Gasteiger partial charge in [0.1, 0.15) is 0 Å². The maximum Gasteiger partial charge on any atom is 0.00721 e. The molecule has 0 radical (unpaired) electrons. The van der Waals surface area contributed by atoms with Crippen molar-refractivity contribution in [2.75, 3.05) is 0 Å². The molecule has 13 heavy (non-hydrogen) atoms. The highest BCUT2D eigenvalue weighted by Crippen LogP contribution is 2.24. The van der Waals surface area contributed by atoms with Crippen LogP contribution in [0, 0.1) is 5.92 Å². The molecule has 0 aromatic rings. The first-order chi connectivity index (χ1) is 6.19. The molecule has 0 saturated heterocycles. The summed E-state index contributed by atoms with van der Waals surface area (Å²) in [7, 11) is 0. The van der Waals surface area contributed by atoms with Gasteiger partial charge >= 0.3 is 0 Å². The molecule has 0 aliphatic heterocycles. The molecular formula is C13H14. The zero-order valence-corrected chi connectivity index (χ0v) is 8.22. The van der Waals surface area contributed by atoms with Crippen molar-refractivity contribution in [3.05, 3.63) is 59.6 Å². The average molecular weight is 170 g/mol. The fraction of sp³-hybridized carbons (Fsp3) is 0.231. The van der Waals surface area contributed by atoms with Crippen molar-refractivity contribution < 1.29 is 0 Å². The lowest BCUT2D eigenvalue weighted by Crippen LogP contribution is -1.99. The summed E-state index contributed by atoms with van der Waals surface area (Å²) < 4.78 is 0. The van der Waals surface area contributed by atoms with Crippen LogP contribution >= 0.6 is 0 Å². The molecule has 1 rings (SSSR count). The zero-order chi connectivity index (χ0) is 9.84. The Kier molecular flexibility index (Phi) is 2.93. The SMILES string of the molecule is C=C=C(C)C1=CC(C)C(=C=C)C=C1. The van der Waals surface area contributed by atoms with E-state index in [2.05, 4.69) is 43.7 Å². The lowest BCUT2D eigenvalue weighted by molar-refractivity contribution is 0.877. The molecule has 0 amide bonds. The van der Waals surface area contributed by atoms with Gasteiger partial charge in [-0.25, -0.2) is 0 Å². The average Bonchev–Trinajstić information content (AvgIpc) is 2.16. The smallest absolute Gasteiger partial charge is 0.00721 e. The van der Waals surface area contributed by atoms with Gasteiger partial charge in [-0.1, -0.05) is 38.3 Å². The third kappa shape index (κ3) is 2.00. The third-order valence-electron chi connectivity index (χ3n) is 2.26. The Morgan fingerprint density at radius 3 is 2.54 bits per heavy atom. The van der Waals surface area contributed by atoms with Crippen LogP contribution in [-0.4, -0.2) is 0 Å². The van der Waals surface area contributed by atoms with Crippen LogP contribution in [0.1, 0.15) is 13.8 Å². The van der Waals surface area contributed by atoms with E-state index in [1.807, 2.05) is 13.0 Å². The van der Waals surface area contributed by atoms with E-state index in [0.29, 0.717) is 5.92 Å². The number of hydrogen-bond acceptors (Lipinski definition) is 0. The van der Waals surface area contributed by atoms with E-state index in [-0.39, 0.29) is 0 Å². The molecule has 0 bridgehead atoms. The fourth-order valence-electron chi connectivity index (χ4n) is 1.32. The molecule has 0 heterocycles. The van der Waals surface area contributed by atoms with Gasteiger partial charge in [-0.3, -0.25) is 0 Å². The summed E-state index contributed by atoms with van der Waals surface area (Å²) in [6, 6.07) is 0. The summed E-state index contributed by atoms with van der Waals surface area (Å²) in [6.07, 6.45) is 6.29. The fourth-order valence-corrected chi connectivity index (χ4v) is 1.32. The van der Waals surface area contributed by atoms with Gasteiger partial charge in [-0.2, -0.15) is 0 Å². The largest absolute Gasteiger partial charge is 0.125 e. The molecule has 0 nitrogen and oxygen atoms in total. The monoisotopic (exact) mass is 170 g/mol. The molecule has 0 N–H and O–H groups in total. The van der Waals surface area contributed by atoms with Crippen molar-refractivity contribution in [1.29, 1.82) is 0 Å².